The molecule has 1 heterocycles. The summed E-state index contributed by atoms with van der Waals surface area (Å²) < 4.78 is 6.41. The van der Waals surface area contributed by atoms with Crippen molar-refractivity contribution in [1.82, 2.24) is 4.90 Å². The van der Waals surface area contributed by atoms with Crippen molar-refractivity contribution in [3.8, 4) is 0 Å². The third kappa shape index (κ3) is 2.59. The molecule has 98 valence electrons. The molecule has 1 aliphatic heterocycles. The topological polar surface area (TPSA) is 29.5 Å². The number of carbonyl (C=O) groups excluding carboxylic acids is 1. The summed E-state index contributed by atoms with van der Waals surface area (Å²) in [5, 5.41) is 0. The van der Waals surface area contributed by atoms with Crippen molar-refractivity contribution in [3.63, 3.8) is 0 Å². The van der Waals surface area contributed by atoms with Crippen molar-refractivity contribution in [2.45, 2.75) is 26.3 Å². The van der Waals surface area contributed by atoms with Crippen LogP contribution >= 0.6 is 15.9 Å². The maximum atomic E-state index is 12.5. The van der Waals surface area contributed by atoms with Crippen LogP contribution < -0.4 is 0 Å². The summed E-state index contributed by atoms with van der Waals surface area (Å²) in [6.45, 7) is 7.93. The van der Waals surface area contributed by atoms with Crippen molar-refractivity contribution < 1.29 is 9.53 Å². The molecule has 1 saturated heterocycles. The van der Waals surface area contributed by atoms with E-state index in [2.05, 4.69) is 15.9 Å². The number of carbonyl (C=O) groups is 1. The van der Waals surface area contributed by atoms with Crippen LogP contribution in [0.4, 0.5) is 0 Å². The number of hydrogen-bond donors (Lipinski definition) is 0. The summed E-state index contributed by atoms with van der Waals surface area (Å²) in [4.78, 5) is 14.4. The normalized spacial score (nSPS) is 18.8. The van der Waals surface area contributed by atoms with Gasteiger partial charge in [-0.3, -0.25) is 4.79 Å². The lowest BCUT2D eigenvalue weighted by Crippen LogP contribution is -2.55. The molecule has 3 nitrogen and oxygen atoms in total. The molecule has 4 heteroatoms. The molecule has 0 bridgehead atoms. The number of benzene rings is 1. The van der Waals surface area contributed by atoms with E-state index in [0.717, 1.165) is 15.6 Å². The number of rotatable bonds is 1. The molecule has 1 aliphatic rings. The van der Waals surface area contributed by atoms with Gasteiger partial charge in [-0.05, 0) is 38.5 Å². The maximum absolute atomic E-state index is 12.5. The highest BCUT2D eigenvalue weighted by Crippen LogP contribution is 2.24. The molecule has 1 aromatic rings. The van der Waals surface area contributed by atoms with E-state index in [-0.39, 0.29) is 11.4 Å². The Morgan fingerprint density at radius 2 is 2.17 bits per heavy atom. The highest BCUT2D eigenvalue weighted by atomic mass is 79.9. The van der Waals surface area contributed by atoms with Crippen LogP contribution in [0.1, 0.15) is 29.8 Å². The second-order valence-corrected chi connectivity index (χ2v) is 6.14. The SMILES string of the molecule is Cc1ccc(C(=O)N2CCOCC2(C)C)cc1Br. The zero-order valence-corrected chi connectivity index (χ0v) is 12.6. The number of hydrogen-bond acceptors (Lipinski definition) is 2. The molecule has 0 unspecified atom stereocenters. The number of halogens is 1. The standard InChI is InChI=1S/C14H18BrNO2/c1-10-4-5-11(8-12(10)15)13(17)16-6-7-18-9-14(16,2)3/h4-5,8H,6-7,9H2,1-3H3. The summed E-state index contributed by atoms with van der Waals surface area (Å²) in [6.07, 6.45) is 0. The van der Waals surface area contributed by atoms with E-state index in [4.69, 9.17) is 4.74 Å². The summed E-state index contributed by atoms with van der Waals surface area (Å²) in [7, 11) is 0. The van der Waals surface area contributed by atoms with E-state index in [1.54, 1.807) is 0 Å². The van der Waals surface area contributed by atoms with Crippen molar-refractivity contribution in [2.75, 3.05) is 19.8 Å². The Bertz CT molecular complexity index is 471. The van der Waals surface area contributed by atoms with Gasteiger partial charge in [-0.15, -0.1) is 0 Å². The first-order chi connectivity index (χ1) is 8.42. The molecule has 0 saturated carbocycles. The predicted octanol–water partition coefficient (Wildman–Crippen LogP) is 3.01. The van der Waals surface area contributed by atoms with Crippen LogP contribution in [0, 0.1) is 6.92 Å². The van der Waals surface area contributed by atoms with Crippen LogP contribution in [0.25, 0.3) is 0 Å². The molecule has 1 fully saturated rings. The van der Waals surface area contributed by atoms with Gasteiger partial charge in [-0.1, -0.05) is 22.0 Å². The van der Waals surface area contributed by atoms with Crippen LogP contribution in [-0.4, -0.2) is 36.1 Å². The van der Waals surface area contributed by atoms with Gasteiger partial charge in [0.1, 0.15) is 0 Å². The van der Waals surface area contributed by atoms with Crippen LogP contribution in [0.3, 0.4) is 0 Å². The van der Waals surface area contributed by atoms with Gasteiger partial charge in [0.2, 0.25) is 0 Å². The van der Waals surface area contributed by atoms with E-state index in [9.17, 15) is 4.79 Å². The Morgan fingerprint density at radius 3 is 2.78 bits per heavy atom. The first-order valence-corrected chi connectivity index (χ1v) is 6.87. The van der Waals surface area contributed by atoms with Crippen LogP contribution in [0.5, 0.6) is 0 Å². The monoisotopic (exact) mass is 311 g/mol. The molecule has 0 atom stereocenters. The average Bonchev–Trinajstić information content (AvgIpc) is 2.31. The number of ether oxygens (including phenoxy) is 1. The van der Waals surface area contributed by atoms with Gasteiger partial charge >= 0.3 is 0 Å². The van der Waals surface area contributed by atoms with Crippen molar-refractivity contribution >= 4 is 21.8 Å². The van der Waals surface area contributed by atoms with Gasteiger partial charge in [0.15, 0.2) is 0 Å². The fraction of sp³-hybridized carbons (Fsp3) is 0.500. The molecule has 18 heavy (non-hydrogen) atoms. The average molecular weight is 312 g/mol. The third-order valence-corrected chi connectivity index (χ3v) is 4.16. The molecule has 0 spiro atoms. The minimum atomic E-state index is -0.243. The molecule has 0 radical (unpaired) electrons. The lowest BCUT2D eigenvalue weighted by molar-refractivity contribution is -0.0370. The van der Waals surface area contributed by atoms with E-state index < -0.39 is 0 Å². The minimum absolute atomic E-state index is 0.0731. The molecular formula is C14H18BrNO2. The fourth-order valence-electron chi connectivity index (χ4n) is 2.12. The second kappa shape index (κ2) is 5.02. The quantitative estimate of drug-likeness (QED) is 0.798. The van der Waals surface area contributed by atoms with Crippen molar-refractivity contribution in [1.29, 1.82) is 0 Å². The highest BCUT2D eigenvalue weighted by molar-refractivity contribution is 9.10. The van der Waals surface area contributed by atoms with E-state index in [1.807, 2.05) is 43.9 Å². The third-order valence-electron chi connectivity index (χ3n) is 3.31. The lowest BCUT2D eigenvalue weighted by Gasteiger charge is -2.42. The first kappa shape index (κ1) is 13.6. The van der Waals surface area contributed by atoms with Gasteiger partial charge in [0, 0.05) is 16.6 Å². The van der Waals surface area contributed by atoms with Gasteiger partial charge in [-0.25, -0.2) is 0 Å². The zero-order valence-electron chi connectivity index (χ0n) is 11.0. The molecule has 1 amide bonds. The molecule has 0 aromatic heterocycles. The highest BCUT2D eigenvalue weighted by Gasteiger charge is 2.34. The molecule has 2 rings (SSSR count). The summed E-state index contributed by atoms with van der Waals surface area (Å²) in [5.41, 5.74) is 1.61. The second-order valence-electron chi connectivity index (χ2n) is 5.29. The van der Waals surface area contributed by atoms with E-state index in [0.29, 0.717) is 19.8 Å². The van der Waals surface area contributed by atoms with Crippen LogP contribution in [-0.2, 0) is 4.74 Å². The maximum Gasteiger partial charge on any atom is 0.254 e. The Balaban J connectivity index is 2.27. The summed E-state index contributed by atoms with van der Waals surface area (Å²) in [6, 6.07) is 5.74. The lowest BCUT2D eigenvalue weighted by atomic mass is 10.0. The Kier molecular flexibility index (Phi) is 3.78. The van der Waals surface area contributed by atoms with Crippen molar-refractivity contribution in [3.05, 3.63) is 33.8 Å². The Morgan fingerprint density at radius 1 is 1.44 bits per heavy atom. The number of amides is 1. The smallest absolute Gasteiger partial charge is 0.254 e. The number of aryl methyl sites for hydroxylation is 1. The molecule has 0 aliphatic carbocycles. The molecule has 0 N–H and O–H groups in total. The van der Waals surface area contributed by atoms with Crippen LogP contribution in [0.2, 0.25) is 0 Å². The first-order valence-electron chi connectivity index (χ1n) is 6.08. The summed E-state index contributed by atoms with van der Waals surface area (Å²) in [5.74, 6) is 0.0731. The Labute approximate surface area is 116 Å². The summed E-state index contributed by atoms with van der Waals surface area (Å²) >= 11 is 3.47. The van der Waals surface area contributed by atoms with Crippen molar-refractivity contribution in [2.24, 2.45) is 0 Å². The minimum Gasteiger partial charge on any atom is -0.377 e. The fourth-order valence-corrected chi connectivity index (χ4v) is 2.50. The van der Waals surface area contributed by atoms with Crippen LogP contribution in [0.15, 0.2) is 22.7 Å². The van der Waals surface area contributed by atoms with Gasteiger partial charge < -0.3 is 9.64 Å². The molecule has 1 aromatic carbocycles. The Hall–Kier alpha value is -0.870. The van der Waals surface area contributed by atoms with Gasteiger partial charge in [-0.2, -0.15) is 0 Å². The van der Waals surface area contributed by atoms with Gasteiger partial charge in [0.05, 0.1) is 18.8 Å². The largest absolute Gasteiger partial charge is 0.377 e. The zero-order chi connectivity index (χ0) is 13.3. The number of morpholine rings is 1. The van der Waals surface area contributed by atoms with E-state index in [1.165, 1.54) is 0 Å². The predicted molar refractivity (Wildman–Crippen MR) is 74.8 cm³/mol. The van der Waals surface area contributed by atoms with E-state index >= 15 is 0 Å². The van der Waals surface area contributed by atoms with Gasteiger partial charge in [0.25, 0.3) is 5.91 Å². The number of nitrogens with zero attached hydrogens (tertiary/aromatic N) is 1. The molecular weight excluding hydrogens is 294 g/mol.